The number of primary amides is 1. The van der Waals surface area contributed by atoms with Gasteiger partial charge in [-0.2, -0.15) is 0 Å². The number of para-hydroxylation sites is 1. The molecular formula is C16H22N2O3. The van der Waals surface area contributed by atoms with Gasteiger partial charge in [0, 0.05) is 13.1 Å². The van der Waals surface area contributed by atoms with E-state index in [1.165, 1.54) is 0 Å². The van der Waals surface area contributed by atoms with E-state index < -0.39 is 5.91 Å². The molecule has 0 aromatic heterocycles. The first-order valence-corrected chi connectivity index (χ1v) is 7.26. The van der Waals surface area contributed by atoms with Crippen molar-refractivity contribution in [2.75, 3.05) is 19.7 Å². The molecule has 114 valence electrons. The molecule has 2 rings (SSSR count). The van der Waals surface area contributed by atoms with Crippen LogP contribution in [-0.4, -0.2) is 36.4 Å². The van der Waals surface area contributed by atoms with Gasteiger partial charge in [0.15, 0.2) is 6.61 Å². The maximum Gasteiger partial charge on any atom is 0.257 e. The third-order valence-corrected chi connectivity index (χ3v) is 3.64. The highest BCUT2D eigenvalue weighted by molar-refractivity contribution is 5.97. The van der Waals surface area contributed by atoms with Gasteiger partial charge in [-0.25, -0.2) is 0 Å². The number of amides is 2. The summed E-state index contributed by atoms with van der Waals surface area (Å²) in [5, 5.41) is 0. The summed E-state index contributed by atoms with van der Waals surface area (Å²) in [7, 11) is 0. The van der Waals surface area contributed by atoms with Gasteiger partial charge in [0.1, 0.15) is 5.75 Å². The second-order valence-electron chi connectivity index (χ2n) is 5.91. The molecule has 1 aromatic rings. The second-order valence-corrected chi connectivity index (χ2v) is 5.91. The molecule has 1 fully saturated rings. The Balaban J connectivity index is 2.16. The Morgan fingerprint density at radius 2 is 1.86 bits per heavy atom. The van der Waals surface area contributed by atoms with E-state index in [0.29, 0.717) is 23.1 Å². The van der Waals surface area contributed by atoms with Crippen LogP contribution in [0, 0.1) is 11.8 Å². The third-order valence-electron chi connectivity index (χ3n) is 3.64. The number of likely N-dealkylation sites (tertiary alicyclic amines) is 1. The van der Waals surface area contributed by atoms with Gasteiger partial charge in [0.2, 0.25) is 0 Å². The van der Waals surface area contributed by atoms with Gasteiger partial charge in [-0.05, 0) is 30.4 Å². The Kier molecular flexibility index (Phi) is 4.83. The van der Waals surface area contributed by atoms with Crippen LogP contribution in [0.1, 0.15) is 30.6 Å². The zero-order chi connectivity index (χ0) is 15.4. The molecule has 1 heterocycles. The largest absolute Gasteiger partial charge is 0.483 e. The SMILES string of the molecule is CC1CC(C)CN(C(=O)c2ccccc2OCC(N)=O)C1. The lowest BCUT2D eigenvalue weighted by Crippen LogP contribution is -2.42. The number of carbonyl (C=O) groups excluding carboxylic acids is 2. The van der Waals surface area contributed by atoms with Gasteiger partial charge in [-0.15, -0.1) is 0 Å². The average molecular weight is 290 g/mol. The van der Waals surface area contributed by atoms with E-state index >= 15 is 0 Å². The average Bonchev–Trinajstić information content (AvgIpc) is 2.43. The highest BCUT2D eigenvalue weighted by Crippen LogP contribution is 2.25. The van der Waals surface area contributed by atoms with E-state index in [2.05, 4.69) is 13.8 Å². The van der Waals surface area contributed by atoms with Gasteiger partial charge in [0.25, 0.3) is 11.8 Å². The Labute approximate surface area is 125 Å². The van der Waals surface area contributed by atoms with Crippen molar-refractivity contribution in [1.29, 1.82) is 0 Å². The highest BCUT2D eigenvalue weighted by Gasteiger charge is 2.27. The van der Waals surface area contributed by atoms with E-state index in [1.807, 2.05) is 4.90 Å². The van der Waals surface area contributed by atoms with E-state index in [-0.39, 0.29) is 12.5 Å². The smallest absolute Gasteiger partial charge is 0.257 e. The number of benzene rings is 1. The topological polar surface area (TPSA) is 72.6 Å². The quantitative estimate of drug-likeness (QED) is 0.916. The van der Waals surface area contributed by atoms with Gasteiger partial charge in [-0.1, -0.05) is 26.0 Å². The van der Waals surface area contributed by atoms with Crippen molar-refractivity contribution in [1.82, 2.24) is 4.90 Å². The number of piperidine rings is 1. The van der Waals surface area contributed by atoms with Crippen molar-refractivity contribution < 1.29 is 14.3 Å². The van der Waals surface area contributed by atoms with Crippen LogP contribution in [-0.2, 0) is 4.79 Å². The predicted molar refractivity (Wildman–Crippen MR) is 80.0 cm³/mol. The Morgan fingerprint density at radius 3 is 2.48 bits per heavy atom. The molecule has 0 spiro atoms. The molecule has 1 saturated heterocycles. The second kappa shape index (κ2) is 6.61. The van der Waals surface area contributed by atoms with E-state index in [9.17, 15) is 9.59 Å². The molecule has 2 amide bonds. The normalized spacial score (nSPS) is 21.9. The predicted octanol–water partition coefficient (Wildman–Crippen LogP) is 1.67. The van der Waals surface area contributed by atoms with Crippen LogP contribution >= 0.6 is 0 Å². The standard InChI is InChI=1S/C16H22N2O3/c1-11-7-12(2)9-18(8-11)16(20)13-5-3-4-6-14(13)21-10-15(17)19/h3-6,11-12H,7-10H2,1-2H3,(H2,17,19). The summed E-state index contributed by atoms with van der Waals surface area (Å²) in [6.45, 7) is 5.61. The zero-order valence-electron chi connectivity index (χ0n) is 12.5. The van der Waals surface area contributed by atoms with E-state index in [4.69, 9.17) is 10.5 Å². The molecule has 0 saturated carbocycles. The van der Waals surface area contributed by atoms with Gasteiger partial charge < -0.3 is 15.4 Å². The van der Waals surface area contributed by atoms with Crippen molar-refractivity contribution in [3.63, 3.8) is 0 Å². The maximum absolute atomic E-state index is 12.7. The summed E-state index contributed by atoms with van der Waals surface area (Å²) in [6, 6.07) is 6.98. The Morgan fingerprint density at radius 1 is 1.24 bits per heavy atom. The number of nitrogens with zero attached hydrogens (tertiary/aromatic N) is 1. The molecule has 1 aliphatic heterocycles. The number of hydrogen-bond acceptors (Lipinski definition) is 3. The first-order valence-electron chi connectivity index (χ1n) is 7.26. The zero-order valence-corrected chi connectivity index (χ0v) is 12.5. The summed E-state index contributed by atoms with van der Waals surface area (Å²) in [4.78, 5) is 25.4. The molecule has 0 radical (unpaired) electrons. The summed E-state index contributed by atoms with van der Waals surface area (Å²) >= 11 is 0. The van der Waals surface area contributed by atoms with Gasteiger partial charge in [0.05, 0.1) is 5.56 Å². The minimum atomic E-state index is -0.558. The van der Waals surface area contributed by atoms with Crippen molar-refractivity contribution in [3.05, 3.63) is 29.8 Å². The number of hydrogen-bond donors (Lipinski definition) is 1. The lowest BCUT2D eigenvalue weighted by Gasteiger charge is -2.35. The minimum absolute atomic E-state index is 0.0477. The van der Waals surface area contributed by atoms with Gasteiger partial charge >= 0.3 is 0 Å². The molecule has 0 aliphatic carbocycles. The van der Waals surface area contributed by atoms with Crippen molar-refractivity contribution in [2.45, 2.75) is 20.3 Å². The van der Waals surface area contributed by atoms with Crippen molar-refractivity contribution in [2.24, 2.45) is 17.6 Å². The van der Waals surface area contributed by atoms with Crippen LogP contribution in [0.15, 0.2) is 24.3 Å². The number of rotatable bonds is 4. The molecule has 2 N–H and O–H groups in total. The van der Waals surface area contributed by atoms with E-state index in [0.717, 1.165) is 19.5 Å². The maximum atomic E-state index is 12.7. The van der Waals surface area contributed by atoms with Crippen LogP contribution < -0.4 is 10.5 Å². The number of nitrogens with two attached hydrogens (primary N) is 1. The van der Waals surface area contributed by atoms with Crippen LogP contribution in [0.3, 0.4) is 0 Å². The monoisotopic (exact) mass is 290 g/mol. The molecule has 5 heteroatoms. The third kappa shape index (κ3) is 3.97. The first kappa shape index (κ1) is 15.4. The molecule has 1 aliphatic rings. The summed E-state index contributed by atoms with van der Waals surface area (Å²) in [5.41, 5.74) is 5.57. The van der Waals surface area contributed by atoms with Crippen LogP contribution in [0.5, 0.6) is 5.75 Å². The summed E-state index contributed by atoms with van der Waals surface area (Å²) in [5.74, 6) is 0.797. The molecule has 2 unspecified atom stereocenters. The lowest BCUT2D eigenvalue weighted by molar-refractivity contribution is -0.119. The molecule has 2 atom stereocenters. The fraction of sp³-hybridized carbons (Fsp3) is 0.500. The minimum Gasteiger partial charge on any atom is -0.483 e. The van der Waals surface area contributed by atoms with Gasteiger partial charge in [-0.3, -0.25) is 9.59 Å². The summed E-state index contributed by atoms with van der Waals surface area (Å²) < 4.78 is 5.34. The van der Waals surface area contributed by atoms with Crippen LogP contribution in [0.4, 0.5) is 0 Å². The van der Waals surface area contributed by atoms with E-state index in [1.54, 1.807) is 24.3 Å². The fourth-order valence-corrected chi connectivity index (χ4v) is 2.92. The van der Waals surface area contributed by atoms with Crippen molar-refractivity contribution in [3.8, 4) is 5.75 Å². The van der Waals surface area contributed by atoms with Crippen LogP contribution in [0.25, 0.3) is 0 Å². The Bertz CT molecular complexity index is 520. The molecule has 1 aromatic carbocycles. The van der Waals surface area contributed by atoms with Crippen LogP contribution in [0.2, 0.25) is 0 Å². The highest BCUT2D eigenvalue weighted by atomic mass is 16.5. The summed E-state index contributed by atoms with van der Waals surface area (Å²) in [6.07, 6.45) is 1.14. The number of ether oxygens (including phenoxy) is 1. The molecule has 0 bridgehead atoms. The lowest BCUT2D eigenvalue weighted by atomic mass is 9.91. The molecule has 21 heavy (non-hydrogen) atoms. The molecular weight excluding hydrogens is 268 g/mol. The molecule has 5 nitrogen and oxygen atoms in total. The fourth-order valence-electron chi connectivity index (χ4n) is 2.92. The Hall–Kier alpha value is -2.04. The number of carbonyl (C=O) groups is 2. The first-order chi connectivity index (χ1) is 9.97. The van der Waals surface area contributed by atoms with Crippen molar-refractivity contribution >= 4 is 11.8 Å².